The topological polar surface area (TPSA) is 30.0 Å². The van der Waals surface area contributed by atoms with Crippen LogP contribution >= 0.6 is 11.3 Å². The highest BCUT2D eigenvalue weighted by Crippen LogP contribution is 2.42. The molecule has 0 N–H and O–H groups in total. The molecule has 2 aliphatic rings. The van der Waals surface area contributed by atoms with Crippen molar-refractivity contribution >= 4 is 17.1 Å². The fourth-order valence-electron chi connectivity index (χ4n) is 3.57. The molecule has 2 aliphatic carbocycles. The first-order valence-electron chi connectivity index (χ1n) is 7.47. The number of aromatic nitrogens is 1. The largest absolute Gasteiger partial charge is 0.293 e. The highest BCUT2D eigenvalue weighted by atomic mass is 32.1. The van der Waals surface area contributed by atoms with Crippen LogP contribution < -0.4 is 0 Å². The Morgan fingerprint density at radius 3 is 2.79 bits per heavy atom. The van der Waals surface area contributed by atoms with Gasteiger partial charge in [-0.1, -0.05) is 33.6 Å². The molecule has 0 radical (unpaired) electrons. The Kier molecular flexibility index (Phi) is 3.28. The first-order chi connectivity index (χ1) is 8.94. The Morgan fingerprint density at radius 2 is 2.05 bits per heavy atom. The predicted molar refractivity (Wildman–Crippen MR) is 78.9 cm³/mol. The van der Waals surface area contributed by atoms with E-state index in [-0.39, 0.29) is 5.41 Å². The minimum absolute atomic E-state index is 0.0925. The maximum Gasteiger partial charge on any atom is 0.175 e. The van der Waals surface area contributed by atoms with Gasteiger partial charge in [0.25, 0.3) is 0 Å². The molecule has 0 aromatic carbocycles. The van der Waals surface area contributed by atoms with Gasteiger partial charge in [0, 0.05) is 12.3 Å². The van der Waals surface area contributed by atoms with Crippen molar-refractivity contribution in [2.75, 3.05) is 0 Å². The first kappa shape index (κ1) is 13.3. The second-order valence-electron chi connectivity index (χ2n) is 7.24. The lowest BCUT2D eigenvalue weighted by molar-refractivity contribution is 0.0916. The summed E-state index contributed by atoms with van der Waals surface area (Å²) in [5, 5.41) is 1.24. The van der Waals surface area contributed by atoms with Crippen molar-refractivity contribution < 1.29 is 4.79 Å². The summed E-state index contributed by atoms with van der Waals surface area (Å²) in [4.78, 5) is 18.0. The molecule has 3 rings (SSSR count). The second-order valence-corrected chi connectivity index (χ2v) is 8.27. The predicted octanol–water partition coefficient (Wildman–Crippen LogP) is 4.59. The van der Waals surface area contributed by atoms with Gasteiger partial charge in [-0.2, -0.15) is 0 Å². The molecule has 2 atom stereocenters. The average molecular weight is 277 g/mol. The summed E-state index contributed by atoms with van der Waals surface area (Å²) in [6, 6.07) is 0. The Hall–Kier alpha value is -0.700. The molecule has 1 fully saturated rings. The van der Waals surface area contributed by atoms with Crippen LogP contribution in [0.15, 0.2) is 0 Å². The van der Waals surface area contributed by atoms with Crippen LogP contribution in [0, 0.1) is 11.3 Å². The third-order valence-electron chi connectivity index (χ3n) is 4.54. The maximum atomic E-state index is 12.2. The van der Waals surface area contributed by atoms with E-state index < -0.39 is 0 Å². The van der Waals surface area contributed by atoms with Gasteiger partial charge in [0.05, 0.1) is 15.6 Å². The van der Waals surface area contributed by atoms with E-state index >= 15 is 0 Å². The van der Waals surface area contributed by atoms with Gasteiger partial charge in [-0.05, 0) is 30.6 Å². The van der Waals surface area contributed by atoms with Crippen molar-refractivity contribution in [3.63, 3.8) is 0 Å². The monoisotopic (exact) mass is 277 g/mol. The molecule has 0 saturated heterocycles. The van der Waals surface area contributed by atoms with Crippen LogP contribution in [-0.4, -0.2) is 10.8 Å². The molecule has 1 saturated carbocycles. The van der Waals surface area contributed by atoms with Gasteiger partial charge >= 0.3 is 0 Å². The summed E-state index contributed by atoms with van der Waals surface area (Å²) < 4.78 is 0. The number of rotatable bonds is 1. The molecule has 2 unspecified atom stereocenters. The van der Waals surface area contributed by atoms with E-state index in [0.717, 1.165) is 22.9 Å². The SMILES string of the molecule is CC1CCCC(c2nc3c(s2)C(=O)CC(C)(C)C3)C1. The van der Waals surface area contributed by atoms with Crippen molar-refractivity contribution in [2.45, 2.75) is 65.2 Å². The number of carbonyl (C=O) groups is 1. The van der Waals surface area contributed by atoms with Crippen LogP contribution in [0.5, 0.6) is 0 Å². The summed E-state index contributed by atoms with van der Waals surface area (Å²) in [5.74, 6) is 1.74. The van der Waals surface area contributed by atoms with E-state index in [1.807, 2.05) is 0 Å². The fraction of sp³-hybridized carbons (Fsp3) is 0.750. The molecule has 1 aromatic heterocycles. The van der Waals surface area contributed by atoms with Crippen LogP contribution in [0.1, 0.15) is 79.2 Å². The molecule has 0 aliphatic heterocycles. The molecule has 1 aromatic rings. The van der Waals surface area contributed by atoms with Crippen LogP contribution in [0.25, 0.3) is 0 Å². The lowest BCUT2D eigenvalue weighted by atomic mass is 9.78. The van der Waals surface area contributed by atoms with Crippen molar-refractivity contribution in [1.29, 1.82) is 0 Å². The van der Waals surface area contributed by atoms with Crippen LogP contribution in [0.3, 0.4) is 0 Å². The maximum absolute atomic E-state index is 12.2. The minimum Gasteiger partial charge on any atom is -0.293 e. The number of nitrogens with zero attached hydrogens (tertiary/aromatic N) is 1. The number of hydrogen-bond acceptors (Lipinski definition) is 3. The van der Waals surface area contributed by atoms with E-state index in [0.29, 0.717) is 18.1 Å². The Bertz CT molecular complexity index is 503. The lowest BCUT2D eigenvalue weighted by Crippen LogP contribution is -2.26. The van der Waals surface area contributed by atoms with Gasteiger partial charge < -0.3 is 0 Å². The second kappa shape index (κ2) is 4.69. The standard InChI is InChI=1S/C16H23NOS/c1-10-5-4-6-11(7-10)15-17-12-8-16(2,3)9-13(18)14(12)19-15/h10-11H,4-9H2,1-3H3. The number of carbonyl (C=O) groups excluding carboxylic acids is 1. The van der Waals surface area contributed by atoms with Crippen molar-refractivity contribution in [2.24, 2.45) is 11.3 Å². The minimum atomic E-state index is 0.0925. The molecule has 0 amide bonds. The van der Waals surface area contributed by atoms with Crippen LogP contribution in [-0.2, 0) is 6.42 Å². The zero-order chi connectivity index (χ0) is 13.6. The molecule has 1 heterocycles. The van der Waals surface area contributed by atoms with Gasteiger partial charge in [-0.3, -0.25) is 4.79 Å². The zero-order valence-corrected chi connectivity index (χ0v) is 13.0. The fourth-order valence-corrected chi connectivity index (χ4v) is 4.74. The van der Waals surface area contributed by atoms with Gasteiger partial charge in [0.15, 0.2) is 5.78 Å². The number of fused-ring (bicyclic) bond motifs is 1. The van der Waals surface area contributed by atoms with E-state index in [1.165, 1.54) is 30.7 Å². The van der Waals surface area contributed by atoms with E-state index in [9.17, 15) is 4.79 Å². The quantitative estimate of drug-likeness (QED) is 0.751. The number of thiazole rings is 1. The molecule has 3 heteroatoms. The van der Waals surface area contributed by atoms with Crippen LogP contribution in [0.2, 0.25) is 0 Å². The summed E-state index contributed by atoms with van der Waals surface area (Å²) in [6.45, 7) is 6.69. The Balaban J connectivity index is 1.88. The third kappa shape index (κ3) is 2.62. The molecule has 19 heavy (non-hydrogen) atoms. The average Bonchev–Trinajstić information content (AvgIpc) is 2.71. The summed E-state index contributed by atoms with van der Waals surface area (Å²) in [6.07, 6.45) is 6.83. The molecule has 2 nitrogen and oxygen atoms in total. The van der Waals surface area contributed by atoms with Gasteiger partial charge in [0.2, 0.25) is 0 Å². The molecule has 104 valence electrons. The van der Waals surface area contributed by atoms with Crippen LogP contribution in [0.4, 0.5) is 0 Å². The van der Waals surface area contributed by atoms with E-state index in [4.69, 9.17) is 4.98 Å². The van der Waals surface area contributed by atoms with E-state index in [2.05, 4.69) is 20.8 Å². The Morgan fingerprint density at radius 1 is 1.26 bits per heavy atom. The first-order valence-corrected chi connectivity index (χ1v) is 8.29. The van der Waals surface area contributed by atoms with Crippen molar-refractivity contribution in [3.8, 4) is 0 Å². The Labute approximate surface area is 119 Å². The summed E-state index contributed by atoms with van der Waals surface area (Å²) >= 11 is 1.69. The highest BCUT2D eigenvalue weighted by Gasteiger charge is 2.35. The smallest absolute Gasteiger partial charge is 0.175 e. The summed E-state index contributed by atoms with van der Waals surface area (Å²) in [5.41, 5.74) is 1.18. The number of Topliss-reactive ketones (excluding diaryl/α,β-unsaturated/α-hetero) is 1. The number of hydrogen-bond donors (Lipinski definition) is 0. The molecule has 0 bridgehead atoms. The normalized spacial score (nSPS) is 30.2. The number of ketones is 1. The van der Waals surface area contributed by atoms with Gasteiger partial charge in [0.1, 0.15) is 0 Å². The van der Waals surface area contributed by atoms with Crippen molar-refractivity contribution in [1.82, 2.24) is 4.98 Å². The molecule has 0 spiro atoms. The molecular weight excluding hydrogens is 254 g/mol. The van der Waals surface area contributed by atoms with Gasteiger partial charge in [-0.25, -0.2) is 4.98 Å². The summed E-state index contributed by atoms with van der Waals surface area (Å²) in [7, 11) is 0. The third-order valence-corrected chi connectivity index (χ3v) is 5.84. The van der Waals surface area contributed by atoms with Gasteiger partial charge in [-0.15, -0.1) is 11.3 Å². The lowest BCUT2D eigenvalue weighted by Gasteiger charge is -2.27. The highest BCUT2D eigenvalue weighted by molar-refractivity contribution is 7.14. The van der Waals surface area contributed by atoms with E-state index in [1.54, 1.807) is 11.3 Å². The zero-order valence-electron chi connectivity index (χ0n) is 12.2. The molecular formula is C16H23NOS. The van der Waals surface area contributed by atoms with Crippen molar-refractivity contribution in [3.05, 3.63) is 15.6 Å².